The highest BCUT2D eigenvalue weighted by Gasteiger charge is 2.23. The number of carbonyl (C=O) groups is 2. The molecule has 1 atom stereocenters. The number of H-pyrrole nitrogens is 1. The molecule has 0 aliphatic heterocycles. The molecule has 0 spiro atoms. The third-order valence-electron chi connectivity index (χ3n) is 5.45. The van der Waals surface area contributed by atoms with Crippen LogP contribution in [0.4, 0.5) is 0 Å². The van der Waals surface area contributed by atoms with Gasteiger partial charge in [0.05, 0.1) is 13.5 Å². The van der Waals surface area contributed by atoms with E-state index in [-0.39, 0.29) is 35.5 Å². The highest BCUT2D eigenvalue weighted by molar-refractivity contribution is 5.91. The number of ketones is 1. The van der Waals surface area contributed by atoms with E-state index in [2.05, 4.69) is 31.1 Å². The summed E-state index contributed by atoms with van der Waals surface area (Å²) in [6, 6.07) is 18.9. The van der Waals surface area contributed by atoms with Crippen LogP contribution in [0, 0.1) is 0 Å². The number of amides is 1. The minimum Gasteiger partial charge on any atom is -0.497 e. The number of aromatic amines is 1. The van der Waals surface area contributed by atoms with E-state index >= 15 is 0 Å². The van der Waals surface area contributed by atoms with Gasteiger partial charge < -0.3 is 15.0 Å². The fourth-order valence-corrected chi connectivity index (χ4v) is 3.55. The molecule has 3 aromatic rings. The number of hydrogen-bond donors (Lipinski definition) is 2. The maximum Gasteiger partial charge on any atom is 0.248 e. The number of benzene rings is 2. The molecule has 1 unspecified atom stereocenters. The molecule has 0 saturated heterocycles. The first kappa shape index (κ1) is 24.0. The summed E-state index contributed by atoms with van der Waals surface area (Å²) in [5.41, 5.74) is 2.98. The van der Waals surface area contributed by atoms with Gasteiger partial charge >= 0.3 is 0 Å². The van der Waals surface area contributed by atoms with E-state index in [1.165, 1.54) is 11.6 Å². The van der Waals surface area contributed by atoms with Crippen LogP contribution in [0.5, 0.6) is 5.75 Å². The highest BCUT2D eigenvalue weighted by Crippen LogP contribution is 2.24. The Morgan fingerprint density at radius 3 is 2.18 bits per heavy atom. The van der Waals surface area contributed by atoms with Crippen LogP contribution in [0.3, 0.4) is 0 Å². The Morgan fingerprint density at radius 1 is 0.939 bits per heavy atom. The van der Waals surface area contributed by atoms with Gasteiger partial charge in [-0.05, 0) is 40.3 Å². The minimum atomic E-state index is -0.818. The summed E-state index contributed by atoms with van der Waals surface area (Å²) in [6.45, 7) is 6.42. The van der Waals surface area contributed by atoms with Crippen LogP contribution in [0.25, 0.3) is 0 Å². The number of ether oxygens (including phenoxy) is 1. The van der Waals surface area contributed by atoms with Gasteiger partial charge in [0.15, 0.2) is 5.78 Å². The van der Waals surface area contributed by atoms with Crippen LogP contribution in [0.15, 0.2) is 71.5 Å². The first-order valence-electron chi connectivity index (χ1n) is 10.9. The number of nitrogens with one attached hydrogen (secondary N) is 2. The van der Waals surface area contributed by atoms with Crippen LogP contribution < -0.4 is 15.6 Å². The molecule has 0 bridgehead atoms. The molecular formula is C27H30N2O4. The number of Topliss-reactive ketones (excluding diaryl/α,β-unsaturated/α-hetero) is 1. The third-order valence-corrected chi connectivity index (χ3v) is 5.45. The number of hydrogen-bond acceptors (Lipinski definition) is 4. The van der Waals surface area contributed by atoms with Gasteiger partial charge in [-0.3, -0.25) is 14.4 Å². The molecule has 3 rings (SSSR count). The SMILES string of the molecule is COc1ccc(C(NC(=O)Cc2cccc(=O)[nH]2)C(=O)Cc2ccc(C(C)(C)C)cc2)cc1. The van der Waals surface area contributed by atoms with E-state index in [4.69, 9.17) is 4.74 Å². The average molecular weight is 447 g/mol. The molecule has 1 heterocycles. The molecule has 0 radical (unpaired) electrons. The number of methoxy groups -OCH3 is 1. The second kappa shape index (κ2) is 10.3. The fraction of sp³-hybridized carbons (Fsp3) is 0.296. The average Bonchev–Trinajstić information content (AvgIpc) is 2.77. The molecule has 1 aromatic heterocycles. The molecule has 6 heteroatoms. The Bertz CT molecular complexity index is 1160. The Kier molecular flexibility index (Phi) is 7.48. The van der Waals surface area contributed by atoms with Gasteiger partial charge in [0.1, 0.15) is 11.8 Å². The number of rotatable bonds is 8. The van der Waals surface area contributed by atoms with E-state index in [1.807, 2.05) is 24.3 Å². The lowest BCUT2D eigenvalue weighted by Crippen LogP contribution is -2.36. The van der Waals surface area contributed by atoms with Crippen LogP contribution >= 0.6 is 0 Å². The lowest BCUT2D eigenvalue weighted by atomic mass is 9.86. The summed E-state index contributed by atoms with van der Waals surface area (Å²) in [5, 5.41) is 2.84. The van der Waals surface area contributed by atoms with Gasteiger partial charge in [-0.2, -0.15) is 0 Å². The van der Waals surface area contributed by atoms with Crippen molar-refractivity contribution in [3.8, 4) is 5.75 Å². The Balaban J connectivity index is 1.80. The molecule has 6 nitrogen and oxygen atoms in total. The summed E-state index contributed by atoms with van der Waals surface area (Å²) >= 11 is 0. The van der Waals surface area contributed by atoms with Gasteiger partial charge in [-0.15, -0.1) is 0 Å². The van der Waals surface area contributed by atoms with Gasteiger partial charge in [0, 0.05) is 18.2 Å². The number of carbonyl (C=O) groups excluding carboxylic acids is 2. The monoisotopic (exact) mass is 446 g/mol. The molecule has 0 aliphatic carbocycles. The Labute approximate surface area is 194 Å². The van der Waals surface area contributed by atoms with E-state index in [9.17, 15) is 14.4 Å². The smallest absolute Gasteiger partial charge is 0.248 e. The van der Waals surface area contributed by atoms with Crippen LogP contribution in [0.2, 0.25) is 0 Å². The molecule has 2 aromatic carbocycles. The van der Waals surface area contributed by atoms with Crippen molar-refractivity contribution in [2.45, 2.75) is 45.1 Å². The van der Waals surface area contributed by atoms with Crippen molar-refractivity contribution in [1.82, 2.24) is 10.3 Å². The molecular weight excluding hydrogens is 416 g/mol. The predicted molar refractivity (Wildman–Crippen MR) is 128 cm³/mol. The molecule has 0 fully saturated rings. The fourth-order valence-electron chi connectivity index (χ4n) is 3.55. The summed E-state index contributed by atoms with van der Waals surface area (Å²) in [5.74, 6) is 0.184. The van der Waals surface area contributed by atoms with Gasteiger partial charge in [0.2, 0.25) is 11.5 Å². The number of aromatic nitrogens is 1. The second-order valence-electron chi connectivity index (χ2n) is 9.08. The van der Waals surface area contributed by atoms with E-state index < -0.39 is 6.04 Å². The third kappa shape index (κ3) is 6.65. The predicted octanol–water partition coefficient (Wildman–Crippen LogP) is 3.89. The van der Waals surface area contributed by atoms with Crippen molar-refractivity contribution in [2.75, 3.05) is 7.11 Å². The van der Waals surface area contributed by atoms with Crippen LogP contribution in [0.1, 0.15) is 49.2 Å². The summed E-state index contributed by atoms with van der Waals surface area (Å²) in [4.78, 5) is 40.2. The van der Waals surface area contributed by atoms with Crippen LogP contribution in [-0.4, -0.2) is 23.8 Å². The zero-order valence-corrected chi connectivity index (χ0v) is 19.5. The zero-order chi connectivity index (χ0) is 24.0. The molecule has 33 heavy (non-hydrogen) atoms. The zero-order valence-electron chi connectivity index (χ0n) is 19.5. The lowest BCUT2D eigenvalue weighted by molar-refractivity contribution is -0.127. The number of pyridine rings is 1. The van der Waals surface area contributed by atoms with Gasteiger partial charge in [-0.25, -0.2) is 0 Å². The van der Waals surface area contributed by atoms with Crippen molar-refractivity contribution in [3.63, 3.8) is 0 Å². The van der Waals surface area contributed by atoms with E-state index in [1.54, 1.807) is 43.5 Å². The Hall–Kier alpha value is -3.67. The minimum absolute atomic E-state index is 0.0283. The maximum atomic E-state index is 13.3. The van der Waals surface area contributed by atoms with Crippen molar-refractivity contribution in [2.24, 2.45) is 0 Å². The largest absolute Gasteiger partial charge is 0.497 e. The Morgan fingerprint density at radius 2 is 1.61 bits per heavy atom. The summed E-state index contributed by atoms with van der Waals surface area (Å²) in [6.07, 6.45) is 0.153. The molecule has 0 saturated carbocycles. The maximum absolute atomic E-state index is 13.3. The molecule has 1 amide bonds. The van der Waals surface area contributed by atoms with Crippen LogP contribution in [-0.2, 0) is 27.8 Å². The van der Waals surface area contributed by atoms with E-state index in [0.29, 0.717) is 17.0 Å². The van der Waals surface area contributed by atoms with Crippen molar-refractivity contribution in [3.05, 3.63) is 99.5 Å². The highest BCUT2D eigenvalue weighted by atomic mass is 16.5. The normalized spacial score (nSPS) is 12.1. The summed E-state index contributed by atoms with van der Waals surface area (Å²) < 4.78 is 5.21. The first-order chi connectivity index (χ1) is 15.7. The molecule has 0 aliphatic rings. The van der Waals surface area contributed by atoms with Crippen molar-refractivity contribution in [1.29, 1.82) is 0 Å². The molecule has 2 N–H and O–H groups in total. The van der Waals surface area contributed by atoms with Gasteiger partial charge in [0.25, 0.3) is 0 Å². The second-order valence-corrected chi connectivity index (χ2v) is 9.08. The van der Waals surface area contributed by atoms with Gasteiger partial charge in [-0.1, -0.05) is 63.2 Å². The first-order valence-corrected chi connectivity index (χ1v) is 10.9. The topological polar surface area (TPSA) is 88.3 Å². The lowest BCUT2D eigenvalue weighted by Gasteiger charge is -2.20. The quantitative estimate of drug-likeness (QED) is 0.549. The standard InChI is InChI=1S/C27H30N2O4/c1-27(2,3)20-12-8-18(9-13-20)16-23(30)26(19-10-14-22(33-4)15-11-19)29-25(32)17-21-6-5-7-24(31)28-21/h5-15,26H,16-17H2,1-4H3,(H,28,31)(H,29,32). The summed E-state index contributed by atoms with van der Waals surface area (Å²) in [7, 11) is 1.57. The van der Waals surface area contributed by atoms with Crippen molar-refractivity contribution >= 4 is 11.7 Å². The van der Waals surface area contributed by atoms with E-state index in [0.717, 1.165) is 5.56 Å². The van der Waals surface area contributed by atoms with Crippen molar-refractivity contribution < 1.29 is 14.3 Å². The molecule has 172 valence electrons.